The highest BCUT2D eigenvalue weighted by Gasteiger charge is 2.30. The first-order chi connectivity index (χ1) is 18.5. The lowest BCUT2D eigenvalue weighted by atomic mass is 9.91. The Morgan fingerprint density at radius 2 is 1.82 bits per heavy atom. The highest BCUT2D eigenvalue weighted by Crippen LogP contribution is 2.24. The second-order valence-electron chi connectivity index (χ2n) is 9.31. The number of methoxy groups -OCH3 is 2. The summed E-state index contributed by atoms with van der Waals surface area (Å²) in [4.78, 5) is 62.2. The SMILES string of the molecule is CO[C@@H]1CC/C=C(\C)C(OC(N)=O)[C@@H](OC)/C=C\C=C(/C)C(=O)NC2=CC(=O)C(NC(C)=O)=C(CCC1)C2=O. The fourth-order valence-corrected chi connectivity index (χ4v) is 4.29. The number of fused-ring (bicyclic) bond motifs is 2. The Bertz CT molecular complexity index is 1150. The standard InChI is InChI=1S/C28H37N3O8/c1-16-9-6-11-19(37-4)12-8-13-20-24(30-18(3)32)22(33)15-21(25(20)34)31-27(35)17(2)10-7-14-23(38-5)26(16)39-28(29)36/h7,9-10,14-15,19,23,26H,6,8,11-13H2,1-5H3,(H2,29,36)(H,30,32)(H,31,35)/b14-7-,16-9+,17-10+/t19-,23+,26?/m1/s1. The summed E-state index contributed by atoms with van der Waals surface area (Å²) in [5.74, 6) is -2.19. The fraction of sp³-hybridized carbons (Fsp3) is 0.464. The Kier molecular flexibility index (Phi) is 12.0. The van der Waals surface area contributed by atoms with Crippen LogP contribution < -0.4 is 16.4 Å². The van der Waals surface area contributed by atoms with Crippen molar-refractivity contribution in [2.24, 2.45) is 5.73 Å². The maximum Gasteiger partial charge on any atom is 0.405 e. The third kappa shape index (κ3) is 9.15. The van der Waals surface area contributed by atoms with Crippen LogP contribution in [0, 0.1) is 0 Å². The lowest BCUT2D eigenvalue weighted by Crippen LogP contribution is -2.36. The van der Waals surface area contributed by atoms with Crippen LogP contribution in [0.3, 0.4) is 0 Å². The molecule has 3 atom stereocenters. The molecular formula is C28H37N3O8. The highest BCUT2D eigenvalue weighted by atomic mass is 16.6. The first kappa shape index (κ1) is 31.4. The number of nitrogens with one attached hydrogen (secondary N) is 2. The average molecular weight is 544 g/mol. The molecular weight excluding hydrogens is 506 g/mol. The quantitative estimate of drug-likeness (QED) is 0.360. The van der Waals surface area contributed by atoms with Crippen LogP contribution in [0.25, 0.3) is 0 Å². The van der Waals surface area contributed by atoms with E-state index in [0.717, 1.165) is 11.6 Å². The molecule has 0 aromatic carbocycles. The minimum Gasteiger partial charge on any atom is -0.439 e. The van der Waals surface area contributed by atoms with Crippen LogP contribution in [0.5, 0.6) is 0 Å². The number of ether oxygens (including phenoxy) is 3. The number of carbonyl (C=O) groups excluding carboxylic acids is 5. The van der Waals surface area contributed by atoms with Gasteiger partial charge in [0.15, 0.2) is 6.10 Å². The van der Waals surface area contributed by atoms with Gasteiger partial charge in [-0.25, -0.2) is 4.79 Å². The smallest absolute Gasteiger partial charge is 0.405 e. The topological polar surface area (TPSA) is 163 Å². The van der Waals surface area contributed by atoms with Gasteiger partial charge >= 0.3 is 6.09 Å². The van der Waals surface area contributed by atoms with Crippen LogP contribution in [0.1, 0.15) is 52.9 Å². The van der Waals surface area contributed by atoms with Gasteiger partial charge in [0.25, 0.3) is 5.91 Å². The van der Waals surface area contributed by atoms with Crippen molar-refractivity contribution in [2.45, 2.75) is 71.2 Å². The molecule has 1 unspecified atom stereocenters. The number of hydrogen-bond acceptors (Lipinski definition) is 8. The molecule has 2 aliphatic rings. The molecule has 0 aromatic heterocycles. The van der Waals surface area contributed by atoms with Gasteiger partial charge in [0.05, 0.1) is 17.5 Å². The van der Waals surface area contributed by atoms with Crippen molar-refractivity contribution in [2.75, 3.05) is 14.2 Å². The van der Waals surface area contributed by atoms with E-state index in [4.69, 9.17) is 19.9 Å². The number of amides is 3. The molecule has 3 amide bonds. The number of carbonyl (C=O) groups is 5. The third-order valence-corrected chi connectivity index (χ3v) is 6.40. The van der Waals surface area contributed by atoms with Crippen molar-refractivity contribution < 1.29 is 38.2 Å². The van der Waals surface area contributed by atoms with E-state index >= 15 is 0 Å². The molecule has 11 nitrogen and oxygen atoms in total. The van der Waals surface area contributed by atoms with Crippen molar-refractivity contribution >= 4 is 29.5 Å². The minimum absolute atomic E-state index is 0.0785. The zero-order valence-electron chi connectivity index (χ0n) is 23.0. The predicted octanol–water partition coefficient (Wildman–Crippen LogP) is 2.44. The van der Waals surface area contributed by atoms with Crippen molar-refractivity contribution in [1.82, 2.24) is 10.6 Å². The summed E-state index contributed by atoms with van der Waals surface area (Å²) in [5.41, 5.74) is 6.14. The summed E-state index contributed by atoms with van der Waals surface area (Å²) >= 11 is 0. The zero-order valence-corrected chi connectivity index (χ0v) is 23.0. The summed E-state index contributed by atoms with van der Waals surface area (Å²) in [5, 5.41) is 4.97. The van der Waals surface area contributed by atoms with Gasteiger partial charge < -0.3 is 30.6 Å². The molecule has 0 aromatic rings. The normalized spacial score (nSPS) is 27.4. The number of rotatable bonds is 4. The number of Topliss-reactive ketones (excluding diaryl/α,β-unsaturated/α-hetero) is 1. The van der Waals surface area contributed by atoms with Crippen LogP contribution in [-0.4, -0.2) is 62.0 Å². The van der Waals surface area contributed by atoms with E-state index in [2.05, 4.69) is 10.6 Å². The summed E-state index contributed by atoms with van der Waals surface area (Å²) in [6.07, 6.45) is 7.50. The molecule has 0 saturated carbocycles. The molecule has 39 heavy (non-hydrogen) atoms. The molecule has 0 saturated heterocycles. The number of allylic oxidation sites excluding steroid dienone is 5. The molecule has 2 rings (SSSR count). The van der Waals surface area contributed by atoms with Gasteiger partial charge in [-0.1, -0.05) is 24.3 Å². The zero-order chi connectivity index (χ0) is 29.1. The van der Waals surface area contributed by atoms with Crippen molar-refractivity contribution in [3.63, 3.8) is 0 Å². The van der Waals surface area contributed by atoms with Crippen molar-refractivity contribution in [3.05, 3.63) is 58.5 Å². The summed E-state index contributed by atoms with van der Waals surface area (Å²) < 4.78 is 16.4. The Morgan fingerprint density at radius 3 is 2.44 bits per heavy atom. The Hall–Kier alpha value is -3.83. The molecule has 11 heteroatoms. The maximum atomic E-state index is 13.3. The van der Waals surface area contributed by atoms with Crippen molar-refractivity contribution in [3.8, 4) is 0 Å². The van der Waals surface area contributed by atoms with Gasteiger partial charge in [0.2, 0.25) is 17.5 Å². The third-order valence-electron chi connectivity index (χ3n) is 6.40. The van der Waals surface area contributed by atoms with Crippen LogP contribution in [0.2, 0.25) is 0 Å². The molecule has 2 bridgehead atoms. The van der Waals surface area contributed by atoms with E-state index in [1.807, 2.05) is 6.08 Å². The second kappa shape index (κ2) is 14.9. The molecule has 0 fully saturated rings. The molecule has 212 valence electrons. The molecule has 0 radical (unpaired) electrons. The summed E-state index contributed by atoms with van der Waals surface area (Å²) in [6.45, 7) is 4.59. The highest BCUT2D eigenvalue weighted by molar-refractivity contribution is 6.24. The van der Waals surface area contributed by atoms with E-state index in [9.17, 15) is 24.0 Å². The largest absolute Gasteiger partial charge is 0.439 e. The molecule has 1 heterocycles. The van der Waals surface area contributed by atoms with Gasteiger partial charge in [-0.05, 0) is 51.5 Å². The first-order valence-electron chi connectivity index (χ1n) is 12.6. The van der Waals surface area contributed by atoms with Gasteiger partial charge in [0, 0.05) is 38.4 Å². The van der Waals surface area contributed by atoms with E-state index in [1.54, 1.807) is 26.2 Å². The van der Waals surface area contributed by atoms with Gasteiger partial charge in [-0.3, -0.25) is 19.2 Å². The average Bonchev–Trinajstić information content (AvgIpc) is 2.87. The monoisotopic (exact) mass is 543 g/mol. The predicted molar refractivity (Wildman–Crippen MR) is 143 cm³/mol. The van der Waals surface area contributed by atoms with E-state index in [-0.39, 0.29) is 35.1 Å². The fourth-order valence-electron chi connectivity index (χ4n) is 4.29. The minimum atomic E-state index is -0.950. The van der Waals surface area contributed by atoms with E-state index < -0.39 is 41.7 Å². The van der Waals surface area contributed by atoms with Crippen LogP contribution in [0.15, 0.2) is 58.5 Å². The number of nitrogens with two attached hydrogens (primary N) is 1. The summed E-state index contributed by atoms with van der Waals surface area (Å²) in [7, 11) is 3.04. The maximum absolute atomic E-state index is 13.3. The Balaban J connectivity index is 2.48. The number of primary amides is 1. The van der Waals surface area contributed by atoms with Gasteiger partial charge in [-0.2, -0.15) is 0 Å². The Labute approximate surface area is 228 Å². The van der Waals surface area contributed by atoms with Crippen LogP contribution >= 0.6 is 0 Å². The second-order valence-corrected chi connectivity index (χ2v) is 9.31. The molecule has 1 aliphatic carbocycles. The number of hydrogen-bond donors (Lipinski definition) is 3. The van der Waals surface area contributed by atoms with Crippen LogP contribution in [-0.2, 0) is 33.4 Å². The van der Waals surface area contributed by atoms with E-state index in [0.29, 0.717) is 25.7 Å². The lowest BCUT2D eigenvalue weighted by molar-refractivity contribution is -0.121. The van der Waals surface area contributed by atoms with Gasteiger partial charge in [-0.15, -0.1) is 0 Å². The molecule has 1 aliphatic heterocycles. The Morgan fingerprint density at radius 1 is 1.10 bits per heavy atom. The first-order valence-corrected chi connectivity index (χ1v) is 12.6. The van der Waals surface area contributed by atoms with Gasteiger partial charge in [0.1, 0.15) is 6.10 Å². The van der Waals surface area contributed by atoms with Crippen LogP contribution in [0.4, 0.5) is 4.79 Å². The molecule has 4 N–H and O–H groups in total. The molecule has 0 spiro atoms. The lowest BCUT2D eigenvalue weighted by Gasteiger charge is -2.24. The van der Waals surface area contributed by atoms with Crippen molar-refractivity contribution in [1.29, 1.82) is 0 Å². The number of ketones is 2. The summed E-state index contributed by atoms with van der Waals surface area (Å²) in [6, 6.07) is 0. The van der Waals surface area contributed by atoms with E-state index in [1.165, 1.54) is 27.0 Å².